The topological polar surface area (TPSA) is 23.5 Å². The Morgan fingerprint density at radius 2 is 2.50 bits per heavy atom. The van der Waals surface area contributed by atoms with Gasteiger partial charge < -0.3 is 9.92 Å². The Balaban J connectivity index is 2.30. The molecule has 2 nitrogen and oxygen atoms in total. The summed E-state index contributed by atoms with van der Waals surface area (Å²) in [6.45, 7) is 1.49. The van der Waals surface area contributed by atoms with Crippen molar-refractivity contribution in [2.75, 3.05) is 13.2 Å². The second-order valence-corrected chi connectivity index (χ2v) is 2.46. The van der Waals surface area contributed by atoms with E-state index in [2.05, 4.69) is 12.8 Å². The molecule has 0 radical (unpaired) electrons. The lowest BCUT2D eigenvalue weighted by Gasteiger charge is -2.15. The molecule has 46 valence electrons. The van der Waals surface area contributed by atoms with Crippen LogP contribution in [0.4, 0.5) is 0 Å². The second kappa shape index (κ2) is 2.51. The van der Waals surface area contributed by atoms with Crippen LogP contribution < -0.4 is 0 Å². The Hall–Kier alpha value is -0.0151. The molecule has 0 bridgehead atoms. The molecule has 3 heteroatoms. The minimum atomic E-state index is 0.330. The molecule has 0 unspecified atom stereocenters. The Labute approximate surface area is 50.9 Å². The van der Waals surface area contributed by atoms with Gasteiger partial charge in [-0.25, -0.2) is 0 Å². The number of hydrogen-bond donors (Lipinski definition) is 1. The summed E-state index contributed by atoms with van der Waals surface area (Å²) in [6.07, 6.45) is 2.43. The van der Waals surface area contributed by atoms with E-state index >= 15 is 0 Å². The number of aliphatic hydroxyl groups excluding tert-OH is 1. The molecule has 0 amide bonds. The van der Waals surface area contributed by atoms with Gasteiger partial charge in [0.15, 0.2) is 7.98 Å². The lowest BCUT2D eigenvalue weighted by atomic mass is 10.2. The lowest BCUT2D eigenvalue weighted by molar-refractivity contribution is 0.217. The monoisotopic (exact) mass is 113 g/mol. The highest BCUT2D eigenvalue weighted by Crippen LogP contribution is 2.12. The molecule has 8 heavy (non-hydrogen) atoms. The van der Waals surface area contributed by atoms with Crippen LogP contribution in [0.3, 0.4) is 0 Å². The van der Waals surface area contributed by atoms with Crippen LogP contribution in [-0.4, -0.2) is 37.1 Å². The molecule has 1 atom stereocenters. The van der Waals surface area contributed by atoms with Gasteiger partial charge in [-0.1, -0.05) is 0 Å². The molecule has 1 rings (SSSR count). The second-order valence-electron chi connectivity index (χ2n) is 2.46. The fourth-order valence-electron chi connectivity index (χ4n) is 1.21. The predicted molar refractivity (Wildman–Crippen MR) is 35.4 cm³/mol. The van der Waals surface area contributed by atoms with Crippen molar-refractivity contribution in [3.8, 4) is 0 Å². The van der Waals surface area contributed by atoms with Crippen molar-refractivity contribution in [2.24, 2.45) is 0 Å². The van der Waals surface area contributed by atoms with Crippen LogP contribution >= 0.6 is 0 Å². The smallest absolute Gasteiger partial charge is 0.185 e. The largest absolute Gasteiger partial charge is 0.395 e. The van der Waals surface area contributed by atoms with Crippen molar-refractivity contribution in [3.63, 3.8) is 0 Å². The summed E-state index contributed by atoms with van der Waals surface area (Å²) in [6, 6.07) is 0.454. The van der Waals surface area contributed by atoms with Gasteiger partial charge in [-0.15, -0.1) is 0 Å². The fraction of sp³-hybridized carbons (Fsp3) is 1.00. The van der Waals surface area contributed by atoms with E-state index in [1.165, 1.54) is 12.8 Å². The van der Waals surface area contributed by atoms with Crippen LogP contribution in [0.25, 0.3) is 0 Å². The van der Waals surface area contributed by atoms with Crippen molar-refractivity contribution in [3.05, 3.63) is 0 Å². The van der Waals surface area contributed by atoms with Gasteiger partial charge >= 0.3 is 0 Å². The first-order chi connectivity index (χ1) is 3.84. The first-order valence-corrected chi connectivity index (χ1v) is 3.15. The summed E-state index contributed by atoms with van der Waals surface area (Å²) >= 11 is 0. The average Bonchev–Trinajstić information content (AvgIpc) is 2.14. The first kappa shape index (κ1) is 6.11. The molecule has 1 saturated heterocycles. The van der Waals surface area contributed by atoms with Gasteiger partial charge in [0.25, 0.3) is 0 Å². The maximum Gasteiger partial charge on any atom is 0.185 e. The zero-order valence-corrected chi connectivity index (χ0v) is 5.30. The molecule has 0 aromatic carbocycles. The normalized spacial score (nSPS) is 31.4. The maximum absolute atomic E-state index is 8.69. The minimum absolute atomic E-state index is 0.330. The summed E-state index contributed by atoms with van der Waals surface area (Å²) < 4.78 is 0. The molecule has 1 heterocycles. The van der Waals surface area contributed by atoms with E-state index in [4.69, 9.17) is 5.11 Å². The molecule has 1 aliphatic heterocycles. The highest BCUT2D eigenvalue weighted by molar-refractivity contribution is 6.04. The number of aliphatic hydroxyl groups is 1. The molecule has 1 fully saturated rings. The summed E-state index contributed by atoms with van der Waals surface area (Å²) in [7, 11) is 2.06. The van der Waals surface area contributed by atoms with E-state index in [1.54, 1.807) is 0 Å². The summed E-state index contributed by atoms with van der Waals surface area (Å²) in [5.74, 6) is 0. The van der Waals surface area contributed by atoms with E-state index < -0.39 is 0 Å². The van der Waals surface area contributed by atoms with Crippen LogP contribution in [-0.2, 0) is 0 Å². The highest BCUT2D eigenvalue weighted by Gasteiger charge is 2.18. The van der Waals surface area contributed by atoms with E-state index in [-0.39, 0.29) is 0 Å². The van der Waals surface area contributed by atoms with Gasteiger partial charge in [-0.2, -0.15) is 0 Å². The lowest BCUT2D eigenvalue weighted by Crippen LogP contribution is -2.29. The van der Waals surface area contributed by atoms with Crippen molar-refractivity contribution >= 4 is 7.98 Å². The van der Waals surface area contributed by atoms with Crippen LogP contribution in [0, 0.1) is 0 Å². The quantitative estimate of drug-likeness (QED) is 0.440. The van der Waals surface area contributed by atoms with E-state index in [1.807, 2.05) is 0 Å². The van der Waals surface area contributed by atoms with Gasteiger partial charge in [0.1, 0.15) is 0 Å². The van der Waals surface area contributed by atoms with E-state index in [0.29, 0.717) is 12.6 Å². The molecule has 1 N–H and O–H groups in total. The van der Waals surface area contributed by atoms with Crippen LogP contribution in [0.2, 0.25) is 0 Å². The SMILES string of the molecule is BN1CCC[C@@H]1CO. The third-order valence-corrected chi connectivity index (χ3v) is 1.88. The number of rotatable bonds is 1. The molecular weight excluding hydrogens is 101 g/mol. The third-order valence-electron chi connectivity index (χ3n) is 1.88. The standard InChI is InChI=1S/C5H12BNO/c6-7-3-1-2-5(7)4-8/h5,8H,1-4,6H2/t5-/m1/s1. The van der Waals surface area contributed by atoms with Crippen LogP contribution in [0.5, 0.6) is 0 Å². The predicted octanol–water partition coefficient (Wildman–Crippen LogP) is -1.01. The summed E-state index contributed by atoms with van der Waals surface area (Å²) in [4.78, 5) is 2.21. The Kier molecular flexibility index (Phi) is 1.92. The molecule has 1 aliphatic rings. The molecule has 0 spiro atoms. The maximum atomic E-state index is 8.69. The molecular formula is C5H12BNO. The zero-order chi connectivity index (χ0) is 5.98. The van der Waals surface area contributed by atoms with Crippen molar-refractivity contribution in [1.82, 2.24) is 4.81 Å². The Bertz CT molecular complexity index is 78.8. The van der Waals surface area contributed by atoms with Gasteiger partial charge in [0.2, 0.25) is 0 Å². The summed E-state index contributed by atoms with van der Waals surface area (Å²) in [5, 5.41) is 8.69. The fourth-order valence-corrected chi connectivity index (χ4v) is 1.21. The van der Waals surface area contributed by atoms with Crippen molar-refractivity contribution in [2.45, 2.75) is 18.9 Å². The van der Waals surface area contributed by atoms with Crippen LogP contribution in [0.15, 0.2) is 0 Å². The number of hydrogen-bond acceptors (Lipinski definition) is 2. The summed E-state index contributed by atoms with van der Waals surface area (Å²) in [5.41, 5.74) is 0. The molecule has 0 saturated carbocycles. The van der Waals surface area contributed by atoms with Gasteiger partial charge in [0, 0.05) is 6.04 Å². The van der Waals surface area contributed by atoms with Gasteiger partial charge in [-0.05, 0) is 19.4 Å². The number of nitrogens with zero attached hydrogens (tertiary/aromatic N) is 1. The van der Waals surface area contributed by atoms with Gasteiger partial charge in [-0.3, -0.25) is 0 Å². The van der Waals surface area contributed by atoms with E-state index in [9.17, 15) is 0 Å². The van der Waals surface area contributed by atoms with E-state index in [0.717, 1.165) is 6.54 Å². The zero-order valence-electron chi connectivity index (χ0n) is 5.30. The molecule has 0 aromatic rings. The van der Waals surface area contributed by atoms with Crippen molar-refractivity contribution in [1.29, 1.82) is 0 Å². The highest BCUT2D eigenvalue weighted by atomic mass is 16.3. The van der Waals surface area contributed by atoms with Crippen molar-refractivity contribution < 1.29 is 5.11 Å². The Morgan fingerprint density at radius 1 is 1.75 bits per heavy atom. The molecule has 0 aromatic heterocycles. The van der Waals surface area contributed by atoms with Crippen LogP contribution in [0.1, 0.15) is 12.8 Å². The third kappa shape index (κ3) is 1.04. The first-order valence-electron chi connectivity index (χ1n) is 3.15. The van der Waals surface area contributed by atoms with Gasteiger partial charge in [0.05, 0.1) is 6.61 Å². The molecule has 0 aliphatic carbocycles. The average molecular weight is 113 g/mol. The Morgan fingerprint density at radius 3 is 2.75 bits per heavy atom. The minimum Gasteiger partial charge on any atom is -0.395 e.